The van der Waals surface area contributed by atoms with Gasteiger partial charge in [-0.25, -0.2) is 19.9 Å². The maximum atomic E-state index is 5.22. The average molecular weight is 619 g/mol. The lowest BCUT2D eigenvalue weighted by Crippen LogP contribution is -1.96. The van der Waals surface area contributed by atoms with Gasteiger partial charge in [-0.05, 0) is 41.5 Å². The van der Waals surface area contributed by atoms with Crippen molar-refractivity contribution in [2.75, 3.05) is 0 Å². The van der Waals surface area contributed by atoms with Crippen molar-refractivity contribution in [1.82, 2.24) is 19.9 Å². The van der Waals surface area contributed by atoms with Gasteiger partial charge in [0, 0.05) is 37.7 Å². The van der Waals surface area contributed by atoms with E-state index in [-0.39, 0.29) is 0 Å². The Balaban J connectivity index is 1.18. The highest BCUT2D eigenvalue weighted by Crippen LogP contribution is 2.40. The van der Waals surface area contributed by atoms with Crippen LogP contribution in [-0.2, 0) is 0 Å². The van der Waals surface area contributed by atoms with Crippen LogP contribution in [-0.4, -0.2) is 19.9 Å². The molecule has 6 aromatic carbocycles. The molecule has 5 heteroatoms. The molecule has 0 aliphatic rings. The van der Waals surface area contributed by atoms with E-state index in [4.69, 9.17) is 19.9 Å². The minimum absolute atomic E-state index is 0.715. The number of rotatable bonds is 5. The Bertz CT molecular complexity index is 2580. The second-order valence-corrected chi connectivity index (χ2v) is 12.5. The van der Waals surface area contributed by atoms with Crippen molar-refractivity contribution in [1.29, 1.82) is 0 Å². The summed E-state index contributed by atoms with van der Waals surface area (Å²) in [7, 11) is 0. The summed E-state index contributed by atoms with van der Waals surface area (Å²) in [4.78, 5) is 21.5. The van der Waals surface area contributed by atoms with Crippen LogP contribution in [0, 0.1) is 0 Å². The Hall–Kier alpha value is -6.04. The topological polar surface area (TPSA) is 51.6 Å². The van der Waals surface area contributed by atoms with E-state index in [1.807, 2.05) is 48.5 Å². The van der Waals surface area contributed by atoms with Crippen LogP contribution in [0.4, 0.5) is 0 Å². The zero-order valence-electron chi connectivity index (χ0n) is 25.2. The van der Waals surface area contributed by atoms with E-state index in [9.17, 15) is 0 Å². The first-order valence-corrected chi connectivity index (χ1v) is 16.4. The highest BCUT2D eigenvalue weighted by atomic mass is 32.1. The van der Waals surface area contributed by atoms with Gasteiger partial charge in [0.05, 0.1) is 28.1 Å². The zero-order valence-corrected chi connectivity index (χ0v) is 26.0. The third-order valence-electron chi connectivity index (χ3n) is 8.49. The van der Waals surface area contributed by atoms with E-state index in [0.717, 1.165) is 71.7 Å². The predicted octanol–water partition coefficient (Wildman–Crippen LogP) is 11.1. The molecule has 0 saturated heterocycles. The largest absolute Gasteiger partial charge is 0.244 e. The first-order chi connectivity index (χ1) is 23.3. The quantitative estimate of drug-likeness (QED) is 0.193. The summed E-state index contributed by atoms with van der Waals surface area (Å²) in [6.07, 6.45) is 0. The monoisotopic (exact) mass is 618 g/mol. The van der Waals surface area contributed by atoms with Crippen LogP contribution in [0.1, 0.15) is 0 Å². The maximum Gasteiger partial charge on any atom is 0.161 e. The van der Waals surface area contributed by atoms with Gasteiger partial charge in [-0.2, -0.15) is 0 Å². The van der Waals surface area contributed by atoms with Gasteiger partial charge in [0.15, 0.2) is 5.82 Å². The second-order valence-electron chi connectivity index (χ2n) is 11.5. The molecule has 4 nitrogen and oxygen atoms in total. The molecule has 0 fully saturated rings. The van der Waals surface area contributed by atoms with E-state index in [1.165, 1.54) is 10.1 Å². The number of hydrogen-bond donors (Lipinski definition) is 0. The van der Waals surface area contributed by atoms with Crippen molar-refractivity contribution in [3.63, 3.8) is 0 Å². The van der Waals surface area contributed by atoms with Crippen molar-refractivity contribution in [3.8, 4) is 56.3 Å². The van der Waals surface area contributed by atoms with Crippen LogP contribution >= 0.6 is 11.3 Å². The van der Waals surface area contributed by atoms with Crippen LogP contribution in [0.15, 0.2) is 158 Å². The lowest BCUT2D eigenvalue weighted by molar-refractivity contribution is 1.24. The molecule has 0 spiro atoms. The minimum Gasteiger partial charge on any atom is -0.244 e. The number of thiophene rings is 1. The molecular weight excluding hydrogens is 593 g/mol. The summed E-state index contributed by atoms with van der Waals surface area (Å²) in [5.74, 6) is 0.715. The fourth-order valence-electron chi connectivity index (χ4n) is 6.24. The third kappa shape index (κ3) is 4.94. The molecule has 9 aromatic rings. The van der Waals surface area contributed by atoms with Crippen LogP contribution in [0.3, 0.4) is 0 Å². The SMILES string of the molecule is c1ccc(-c2nc3ccccc3nc2-c2cccc(-c3cccc(-c4nc(-c5ccccc5)c5c(n4)sc4ccccc45)c3)c2)cc1. The van der Waals surface area contributed by atoms with Crippen molar-refractivity contribution in [3.05, 3.63) is 158 Å². The number of para-hydroxylation sites is 2. The normalized spacial score (nSPS) is 11.4. The van der Waals surface area contributed by atoms with Gasteiger partial charge in [-0.1, -0.05) is 127 Å². The first-order valence-electron chi connectivity index (χ1n) is 15.6. The smallest absolute Gasteiger partial charge is 0.161 e. The number of hydrogen-bond acceptors (Lipinski definition) is 5. The number of aromatic nitrogens is 4. The van der Waals surface area contributed by atoms with Crippen molar-refractivity contribution in [2.45, 2.75) is 0 Å². The summed E-state index contributed by atoms with van der Waals surface area (Å²) < 4.78 is 1.21. The van der Waals surface area contributed by atoms with Crippen LogP contribution in [0.5, 0.6) is 0 Å². The zero-order chi connectivity index (χ0) is 31.2. The van der Waals surface area contributed by atoms with E-state index in [0.29, 0.717) is 5.82 Å². The summed E-state index contributed by atoms with van der Waals surface area (Å²) in [6.45, 7) is 0. The molecule has 47 heavy (non-hydrogen) atoms. The lowest BCUT2D eigenvalue weighted by Gasteiger charge is -2.12. The molecule has 0 aliphatic heterocycles. The van der Waals surface area contributed by atoms with Crippen LogP contribution in [0.2, 0.25) is 0 Å². The summed E-state index contributed by atoms with van der Waals surface area (Å²) in [5.41, 5.74) is 10.7. The predicted molar refractivity (Wildman–Crippen MR) is 195 cm³/mol. The summed E-state index contributed by atoms with van der Waals surface area (Å²) in [6, 6.07) is 54.3. The highest BCUT2D eigenvalue weighted by Gasteiger charge is 2.18. The molecule has 0 radical (unpaired) electrons. The molecule has 0 atom stereocenters. The fraction of sp³-hybridized carbons (Fsp3) is 0. The van der Waals surface area contributed by atoms with E-state index < -0.39 is 0 Å². The van der Waals surface area contributed by atoms with E-state index in [1.54, 1.807) is 11.3 Å². The lowest BCUT2D eigenvalue weighted by atomic mass is 9.97. The molecule has 0 bridgehead atoms. The minimum atomic E-state index is 0.715. The molecule has 0 amide bonds. The standard InChI is InChI=1S/C42H26N4S/c1-3-13-27(14-4-1)38-37-33-21-7-10-24-36(33)47-42(37)46-41(45-38)32-20-12-18-30(26-32)29-17-11-19-31(25-29)40-39(28-15-5-2-6-16-28)43-34-22-8-9-23-35(34)44-40/h1-26H. The molecular formula is C42H26N4S. The Morgan fingerprint density at radius 3 is 1.57 bits per heavy atom. The average Bonchev–Trinajstić information content (AvgIpc) is 3.53. The Morgan fingerprint density at radius 1 is 0.362 bits per heavy atom. The van der Waals surface area contributed by atoms with Crippen LogP contribution < -0.4 is 0 Å². The van der Waals surface area contributed by atoms with Gasteiger partial charge in [-0.3, -0.25) is 0 Å². The van der Waals surface area contributed by atoms with E-state index >= 15 is 0 Å². The molecule has 0 saturated carbocycles. The summed E-state index contributed by atoms with van der Waals surface area (Å²) >= 11 is 1.72. The second kappa shape index (κ2) is 11.4. The Labute approximate surface area is 275 Å². The van der Waals surface area contributed by atoms with Gasteiger partial charge in [0.25, 0.3) is 0 Å². The summed E-state index contributed by atoms with van der Waals surface area (Å²) in [5, 5.41) is 2.30. The first kappa shape index (κ1) is 27.3. The molecule has 0 unspecified atom stereocenters. The molecule has 3 aromatic heterocycles. The number of benzene rings is 6. The molecule has 220 valence electrons. The highest BCUT2D eigenvalue weighted by molar-refractivity contribution is 7.25. The Kier molecular flexibility index (Phi) is 6.61. The molecule has 9 rings (SSSR count). The third-order valence-corrected chi connectivity index (χ3v) is 9.56. The van der Waals surface area contributed by atoms with Gasteiger partial charge < -0.3 is 0 Å². The van der Waals surface area contributed by atoms with E-state index in [2.05, 4.69) is 109 Å². The van der Waals surface area contributed by atoms with Crippen molar-refractivity contribution in [2.24, 2.45) is 0 Å². The fourth-order valence-corrected chi connectivity index (χ4v) is 7.32. The number of nitrogens with zero attached hydrogens (tertiary/aromatic N) is 4. The molecule has 0 N–H and O–H groups in total. The number of fused-ring (bicyclic) bond motifs is 4. The van der Waals surface area contributed by atoms with Gasteiger partial charge in [-0.15, -0.1) is 11.3 Å². The van der Waals surface area contributed by atoms with Gasteiger partial charge in [0.1, 0.15) is 4.83 Å². The van der Waals surface area contributed by atoms with Gasteiger partial charge >= 0.3 is 0 Å². The van der Waals surface area contributed by atoms with Crippen molar-refractivity contribution < 1.29 is 0 Å². The Morgan fingerprint density at radius 2 is 0.872 bits per heavy atom. The van der Waals surface area contributed by atoms with Crippen LogP contribution in [0.25, 0.3) is 87.6 Å². The van der Waals surface area contributed by atoms with Crippen molar-refractivity contribution >= 4 is 42.7 Å². The van der Waals surface area contributed by atoms with Gasteiger partial charge in [0.2, 0.25) is 0 Å². The maximum absolute atomic E-state index is 5.22. The molecule has 0 aliphatic carbocycles. The molecule has 3 heterocycles.